The highest BCUT2D eigenvalue weighted by molar-refractivity contribution is 9.10. The normalized spacial score (nSPS) is 12.2. The van der Waals surface area contributed by atoms with E-state index in [4.69, 9.17) is 16.3 Å². The summed E-state index contributed by atoms with van der Waals surface area (Å²) in [4.78, 5) is 0. The molecular formula is C15H14BrClFNO. The van der Waals surface area contributed by atoms with Crippen molar-refractivity contribution in [2.24, 2.45) is 0 Å². The third-order valence-electron chi connectivity index (χ3n) is 3.08. The van der Waals surface area contributed by atoms with Gasteiger partial charge in [-0.05, 0) is 42.9 Å². The van der Waals surface area contributed by atoms with Crippen molar-refractivity contribution in [3.8, 4) is 5.75 Å². The molecule has 2 nitrogen and oxygen atoms in total. The highest BCUT2D eigenvalue weighted by atomic mass is 79.9. The van der Waals surface area contributed by atoms with E-state index < -0.39 is 0 Å². The van der Waals surface area contributed by atoms with Gasteiger partial charge >= 0.3 is 0 Å². The molecular weight excluding hydrogens is 345 g/mol. The first-order valence-corrected chi connectivity index (χ1v) is 7.19. The van der Waals surface area contributed by atoms with Gasteiger partial charge in [0.2, 0.25) is 0 Å². The summed E-state index contributed by atoms with van der Waals surface area (Å²) in [5.41, 5.74) is 1.42. The maximum atomic E-state index is 14.0. The van der Waals surface area contributed by atoms with Crippen LogP contribution in [0, 0.1) is 5.82 Å². The Hall–Kier alpha value is -1.10. The predicted molar refractivity (Wildman–Crippen MR) is 83.0 cm³/mol. The van der Waals surface area contributed by atoms with Crippen LogP contribution in [0.3, 0.4) is 0 Å². The van der Waals surface area contributed by atoms with Gasteiger partial charge in [-0.1, -0.05) is 33.6 Å². The Morgan fingerprint density at radius 3 is 2.55 bits per heavy atom. The maximum Gasteiger partial charge on any atom is 0.128 e. The molecule has 2 aromatic carbocycles. The fraction of sp³-hybridized carbons (Fsp3) is 0.200. The van der Waals surface area contributed by atoms with E-state index in [0.29, 0.717) is 10.6 Å². The summed E-state index contributed by atoms with van der Waals surface area (Å²) in [6.07, 6.45) is 0. The minimum atomic E-state index is -0.297. The van der Waals surface area contributed by atoms with Crippen molar-refractivity contribution < 1.29 is 9.13 Å². The largest absolute Gasteiger partial charge is 0.497 e. The minimum absolute atomic E-state index is 0.295. The van der Waals surface area contributed by atoms with Crippen LogP contribution in [0.1, 0.15) is 17.2 Å². The van der Waals surface area contributed by atoms with Gasteiger partial charge in [-0.25, -0.2) is 4.39 Å². The third kappa shape index (κ3) is 3.14. The average Bonchev–Trinajstić information content (AvgIpc) is 2.44. The summed E-state index contributed by atoms with van der Waals surface area (Å²) in [5, 5.41) is 3.62. The lowest BCUT2D eigenvalue weighted by Crippen LogP contribution is -2.19. The molecule has 0 radical (unpaired) electrons. The Balaban J connectivity index is 2.49. The van der Waals surface area contributed by atoms with Crippen molar-refractivity contribution in [2.75, 3.05) is 14.2 Å². The van der Waals surface area contributed by atoms with Gasteiger partial charge in [-0.2, -0.15) is 0 Å². The second kappa shape index (κ2) is 6.57. The zero-order chi connectivity index (χ0) is 14.7. The van der Waals surface area contributed by atoms with Crippen molar-refractivity contribution in [2.45, 2.75) is 6.04 Å². The van der Waals surface area contributed by atoms with Gasteiger partial charge in [0.15, 0.2) is 0 Å². The van der Waals surface area contributed by atoms with Gasteiger partial charge in [0.25, 0.3) is 0 Å². The Labute approximate surface area is 131 Å². The molecule has 0 amide bonds. The molecule has 2 aromatic rings. The van der Waals surface area contributed by atoms with Crippen molar-refractivity contribution in [1.29, 1.82) is 0 Å². The number of nitrogens with one attached hydrogen (secondary N) is 1. The van der Waals surface area contributed by atoms with Crippen molar-refractivity contribution in [1.82, 2.24) is 5.32 Å². The molecule has 0 aliphatic rings. The molecule has 0 aromatic heterocycles. The zero-order valence-corrected chi connectivity index (χ0v) is 13.4. The van der Waals surface area contributed by atoms with Gasteiger partial charge in [0.1, 0.15) is 11.6 Å². The van der Waals surface area contributed by atoms with Crippen LogP contribution >= 0.6 is 27.5 Å². The van der Waals surface area contributed by atoms with Crippen LogP contribution < -0.4 is 10.1 Å². The van der Waals surface area contributed by atoms with E-state index in [1.54, 1.807) is 20.2 Å². The molecule has 1 atom stereocenters. The quantitative estimate of drug-likeness (QED) is 0.865. The number of methoxy groups -OCH3 is 1. The molecule has 106 valence electrons. The molecule has 5 heteroatoms. The molecule has 0 saturated heterocycles. The Morgan fingerprint density at radius 1 is 1.20 bits per heavy atom. The molecule has 0 fully saturated rings. The summed E-state index contributed by atoms with van der Waals surface area (Å²) in [7, 11) is 3.38. The molecule has 0 bridgehead atoms. The Morgan fingerprint density at radius 2 is 1.95 bits per heavy atom. The molecule has 20 heavy (non-hydrogen) atoms. The minimum Gasteiger partial charge on any atom is -0.497 e. The van der Waals surface area contributed by atoms with Crippen molar-refractivity contribution in [3.05, 3.63) is 62.8 Å². The van der Waals surface area contributed by atoms with Gasteiger partial charge < -0.3 is 10.1 Å². The highest BCUT2D eigenvalue weighted by Gasteiger charge is 2.19. The summed E-state index contributed by atoms with van der Waals surface area (Å²) in [5.74, 6) is 0.443. The molecule has 0 aliphatic carbocycles. The first kappa shape index (κ1) is 15.3. The van der Waals surface area contributed by atoms with Crippen LogP contribution in [0.25, 0.3) is 0 Å². The molecule has 0 saturated carbocycles. The number of rotatable bonds is 4. The first-order valence-electron chi connectivity index (χ1n) is 6.02. The summed E-state index contributed by atoms with van der Waals surface area (Å²) in [6.45, 7) is 0. The van der Waals surface area contributed by atoms with Crippen LogP contribution in [-0.4, -0.2) is 14.2 Å². The first-order chi connectivity index (χ1) is 9.56. The van der Waals surface area contributed by atoms with Gasteiger partial charge in [0, 0.05) is 15.1 Å². The number of hydrogen-bond acceptors (Lipinski definition) is 2. The number of ether oxygens (including phenoxy) is 1. The smallest absolute Gasteiger partial charge is 0.128 e. The number of hydrogen-bond donors (Lipinski definition) is 1. The topological polar surface area (TPSA) is 21.3 Å². The maximum absolute atomic E-state index is 14.0. The second-order valence-corrected chi connectivity index (χ2v) is 5.57. The van der Waals surface area contributed by atoms with Crippen LogP contribution in [-0.2, 0) is 0 Å². The predicted octanol–water partition coefficient (Wildman–Crippen LogP) is 4.56. The van der Waals surface area contributed by atoms with Gasteiger partial charge in [0.05, 0.1) is 13.2 Å². The molecule has 0 heterocycles. The van der Waals surface area contributed by atoms with E-state index in [2.05, 4.69) is 21.2 Å². The second-order valence-electron chi connectivity index (χ2n) is 4.27. The molecule has 0 spiro atoms. The lowest BCUT2D eigenvalue weighted by atomic mass is 9.98. The lowest BCUT2D eigenvalue weighted by molar-refractivity contribution is 0.414. The molecule has 1 N–H and O–H groups in total. The van der Waals surface area contributed by atoms with E-state index in [0.717, 1.165) is 15.8 Å². The Kier molecular flexibility index (Phi) is 5.02. The van der Waals surface area contributed by atoms with E-state index >= 15 is 0 Å². The fourth-order valence-electron chi connectivity index (χ4n) is 2.08. The number of benzene rings is 2. The molecule has 1 unspecified atom stereocenters. The van der Waals surface area contributed by atoms with Crippen LogP contribution in [0.4, 0.5) is 4.39 Å². The number of halogens is 3. The Bertz CT molecular complexity index is 621. The molecule has 2 rings (SSSR count). The van der Waals surface area contributed by atoms with E-state index in [-0.39, 0.29) is 11.9 Å². The van der Waals surface area contributed by atoms with Crippen LogP contribution in [0.2, 0.25) is 5.02 Å². The summed E-state index contributed by atoms with van der Waals surface area (Å²) >= 11 is 9.46. The van der Waals surface area contributed by atoms with Gasteiger partial charge in [-0.3, -0.25) is 0 Å². The van der Waals surface area contributed by atoms with Gasteiger partial charge in [-0.15, -0.1) is 0 Å². The summed E-state index contributed by atoms with van der Waals surface area (Å²) in [6, 6.07) is 9.83. The molecule has 0 aliphatic heterocycles. The van der Waals surface area contributed by atoms with E-state index in [9.17, 15) is 4.39 Å². The zero-order valence-electron chi connectivity index (χ0n) is 11.1. The monoisotopic (exact) mass is 357 g/mol. The van der Waals surface area contributed by atoms with Crippen molar-refractivity contribution >= 4 is 27.5 Å². The summed E-state index contributed by atoms with van der Waals surface area (Å²) < 4.78 is 20.0. The SMILES string of the molecule is CNC(c1cc(Cl)ccc1F)c1ccc(OC)cc1Br. The highest BCUT2D eigenvalue weighted by Crippen LogP contribution is 2.33. The standard InChI is InChI=1S/C15H14BrClFNO/c1-19-15(12-7-9(17)3-6-14(12)18)11-5-4-10(20-2)8-13(11)16/h3-8,15,19H,1-2H3. The average molecular weight is 359 g/mol. The van der Waals surface area contributed by atoms with Crippen LogP contribution in [0.5, 0.6) is 5.75 Å². The van der Waals surface area contributed by atoms with Crippen molar-refractivity contribution in [3.63, 3.8) is 0 Å². The lowest BCUT2D eigenvalue weighted by Gasteiger charge is -2.20. The van der Waals surface area contributed by atoms with E-state index in [1.165, 1.54) is 12.1 Å². The van der Waals surface area contributed by atoms with Crippen LogP contribution in [0.15, 0.2) is 40.9 Å². The fourth-order valence-corrected chi connectivity index (χ4v) is 2.85. The van der Waals surface area contributed by atoms with E-state index in [1.807, 2.05) is 18.2 Å². The third-order valence-corrected chi connectivity index (χ3v) is 4.00.